The van der Waals surface area contributed by atoms with Crippen molar-refractivity contribution in [3.63, 3.8) is 0 Å². The summed E-state index contributed by atoms with van der Waals surface area (Å²) in [5, 5.41) is 9.46. The molecule has 1 unspecified atom stereocenters. The molecule has 2 rings (SSSR count). The minimum atomic E-state index is -0.881. The van der Waals surface area contributed by atoms with Crippen molar-refractivity contribution in [3.05, 3.63) is 34.3 Å². The Kier molecular flexibility index (Phi) is 6.97. The van der Waals surface area contributed by atoms with Crippen LogP contribution in [0.3, 0.4) is 0 Å². The Morgan fingerprint density at radius 1 is 1.30 bits per heavy atom. The van der Waals surface area contributed by atoms with Gasteiger partial charge in [-0.3, -0.25) is 9.59 Å². The molecule has 0 heterocycles. The van der Waals surface area contributed by atoms with Gasteiger partial charge in [-0.15, -0.1) is 0 Å². The first kappa shape index (κ1) is 18.3. The fourth-order valence-corrected chi connectivity index (χ4v) is 4.62. The van der Waals surface area contributed by atoms with Crippen LogP contribution in [-0.4, -0.2) is 21.4 Å². The van der Waals surface area contributed by atoms with Crippen molar-refractivity contribution in [3.8, 4) is 0 Å². The van der Waals surface area contributed by atoms with E-state index in [-0.39, 0.29) is 16.8 Å². The first-order valence-corrected chi connectivity index (χ1v) is 9.39. The van der Waals surface area contributed by atoms with Gasteiger partial charge < -0.3 is 5.11 Å². The number of carboxylic acid groups (broad SMARTS) is 1. The number of carboxylic acids is 1. The Balaban J connectivity index is 2.08. The molecule has 1 aromatic rings. The molecule has 1 aliphatic rings. The van der Waals surface area contributed by atoms with Crippen molar-refractivity contribution in [1.82, 2.24) is 0 Å². The summed E-state index contributed by atoms with van der Waals surface area (Å²) in [6.45, 7) is 1.47. The van der Waals surface area contributed by atoms with Gasteiger partial charge in [0.1, 0.15) is 0 Å². The van der Waals surface area contributed by atoms with Crippen LogP contribution >= 0.6 is 23.4 Å². The molecule has 0 radical (unpaired) electrons. The number of carbonyl (C=O) groups excluding carboxylic acids is 1. The van der Waals surface area contributed by atoms with Gasteiger partial charge in [-0.25, -0.2) is 0 Å². The van der Waals surface area contributed by atoms with E-state index < -0.39 is 5.97 Å². The minimum Gasteiger partial charge on any atom is -0.481 e. The maximum absolute atomic E-state index is 11.3. The zero-order valence-electron chi connectivity index (χ0n) is 13.4. The molecule has 0 aromatic heterocycles. The lowest BCUT2D eigenvalue weighted by atomic mass is 9.83. The lowest BCUT2D eigenvalue weighted by Gasteiger charge is -2.23. The number of hydrogen-bond donors (Lipinski definition) is 1. The lowest BCUT2D eigenvalue weighted by molar-refractivity contribution is -0.136. The molecule has 1 atom stereocenters. The lowest BCUT2D eigenvalue weighted by Crippen LogP contribution is -2.15. The molecule has 1 aliphatic carbocycles. The largest absolute Gasteiger partial charge is 0.481 e. The highest BCUT2D eigenvalue weighted by Gasteiger charge is 2.20. The quantitative estimate of drug-likeness (QED) is 0.776. The Morgan fingerprint density at radius 2 is 2.00 bits per heavy atom. The summed E-state index contributed by atoms with van der Waals surface area (Å²) < 4.78 is 0. The van der Waals surface area contributed by atoms with Crippen molar-refractivity contribution in [2.45, 2.75) is 63.0 Å². The number of benzene rings is 1. The van der Waals surface area contributed by atoms with Crippen molar-refractivity contribution in [2.24, 2.45) is 0 Å². The molecule has 5 heteroatoms. The molecule has 1 saturated carbocycles. The predicted octanol–water partition coefficient (Wildman–Crippen LogP) is 5.05. The minimum absolute atomic E-state index is 0.0216. The summed E-state index contributed by atoms with van der Waals surface area (Å²) in [7, 11) is 0. The fraction of sp³-hybridized carbons (Fsp3) is 0.556. The third kappa shape index (κ3) is 5.85. The molecule has 1 fully saturated rings. The third-order valence-corrected chi connectivity index (χ3v) is 5.63. The molecule has 0 amide bonds. The number of rotatable bonds is 6. The van der Waals surface area contributed by atoms with E-state index in [1.807, 2.05) is 12.1 Å². The van der Waals surface area contributed by atoms with E-state index in [4.69, 9.17) is 16.7 Å². The van der Waals surface area contributed by atoms with E-state index >= 15 is 0 Å². The van der Waals surface area contributed by atoms with Crippen LogP contribution < -0.4 is 0 Å². The molecular weight excluding hydrogens is 332 g/mol. The Hall–Kier alpha value is -1.00. The number of aliphatic carboxylic acids is 1. The van der Waals surface area contributed by atoms with E-state index in [1.54, 1.807) is 0 Å². The summed E-state index contributed by atoms with van der Waals surface area (Å²) in [6, 6.07) is 6.07. The zero-order chi connectivity index (χ0) is 16.8. The van der Waals surface area contributed by atoms with Crippen LogP contribution in [0.1, 0.15) is 62.5 Å². The second-order valence-electron chi connectivity index (χ2n) is 6.22. The van der Waals surface area contributed by atoms with Gasteiger partial charge in [-0.05, 0) is 42.4 Å². The topological polar surface area (TPSA) is 54.4 Å². The molecule has 0 saturated heterocycles. The van der Waals surface area contributed by atoms with E-state index in [0.29, 0.717) is 12.3 Å². The van der Waals surface area contributed by atoms with Crippen LogP contribution in [0.2, 0.25) is 5.02 Å². The standard InChI is InChI=1S/C18H23ClO3S/c1-12(20)23-15(11-18(21)22)9-13-7-8-16(17(19)10-13)14-5-3-2-4-6-14/h7-8,10,14-15H,2-6,9,11H2,1H3,(H,21,22). The maximum atomic E-state index is 11.3. The second-order valence-corrected chi connectivity index (χ2v) is 8.11. The van der Waals surface area contributed by atoms with Crippen LogP contribution in [0.15, 0.2) is 18.2 Å². The molecule has 3 nitrogen and oxygen atoms in total. The van der Waals surface area contributed by atoms with Crippen molar-refractivity contribution < 1.29 is 14.7 Å². The molecule has 23 heavy (non-hydrogen) atoms. The van der Waals surface area contributed by atoms with Gasteiger partial charge in [0.2, 0.25) is 0 Å². The van der Waals surface area contributed by atoms with Gasteiger partial charge in [-0.1, -0.05) is 54.8 Å². The van der Waals surface area contributed by atoms with E-state index in [9.17, 15) is 9.59 Å². The highest BCUT2D eigenvalue weighted by molar-refractivity contribution is 8.14. The Labute approximate surface area is 146 Å². The molecule has 0 aliphatic heterocycles. The van der Waals surface area contributed by atoms with E-state index in [2.05, 4.69) is 6.07 Å². The van der Waals surface area contributed by atoms with Gasteiger partial charge in [-0.2, -0.15) is 0 Å². The third-order valence-electron chi connectivity index (χ3n) is 4.31. The first-order chi connectivity index (χ1) is 11.0. The molecular formula is C18H23ClO3S. The van der Waals surface area contributed by atoms with Gasteiger partial charge in [0.25, 0.3) is 0 Å². The second kappa shape index (κ2) is 8.74. The SMILES string of the molecule is CC(=O)SC(CC(=O)O)Cc1ccc(C2CCCCC2)c(Cl)c1. The summed E-state index contributed by atoms with van der Waals surface area (Å²) in [5.74, 6) is -0.333. The number of halogens is 1. The van der Waals surface area contributed by atoms with Crippen LogP contribution in [0.25, 0.3) is 0 Å². The highest BCUT2D eigenvalue weighted by atomic mass is 35.5. The first-order valence-electron chi connectivity index (χ1n) is 8.13. The number of carbonyl (C=O) groups is 2. The van der Waals surface area contributed by atoms with Crippen molar-refractivity contribution in [1.29, 1.82) is 0 Å². The van der Waals surface area contributed by atoms with E-state index in [1.165, 1.54) is 44.6 Å². The van der Waals surface area contributed by atoms with Gasteiger partial charge >= 0.3 is 5.97 Å². The summed E-state index contributed by atoms with van der Waals surface area (Å²) >= 11 is 7.57. The molecule has 1 aromatic carbocycles. The maximum Gasteiger partial charge on any atom is 0.304 e. The molecule has 1 N–H and O–H groups in total. The Morgan fingerprint density at radius 3 is 2.57 bits per heavy atom. The van der Waals surface area contributed by atoms with Crippen LogP contribution in [0.4, 0.5) is 0 Å². The number of thioether (sulfide) groups is 1. The molecule has 126 valence electrons. The molecule has 0 bridgehead atoms. The van der Waals surface area contributed by atoms with Gasteiger partial charge in [0.15, 0.2) is 5.12 Å². The monoisotopic (exact) mass is 354 g/mol. The summed E-state index contributed by atoms with van der Waals surface area (Å²) in [6.07, 6.45) is 6.75. The summed E-state index contributed by atoms with van der Waals surface area (Å²) in [5.41, 5.74) is 2.21. The normalized spacial score (nSPS) is 17.0. The van der Waals surface area contributed by atoms with Crippen molar-refractivity contribution >= 4 is 34.4 Å². The predicted molar refractivity (Wildman–Crippen MR) is 95.3 cm³/mol. The smallest absolute Gasteiger partial charge is 0.304 e. The zero-order valence-corrected chi connectivity index (χ0v) is 15.0. The van der Waals surface area contributed by atoms with E-state index in [0.717, 1.165) is 22.3 Å². The Bertz CT molecular complexity index is 551. The summed E-state index contributed by atoms with van der Waals surface area (Å²) in [4.78, 5) is 22.3. The number of hydrogen-bond acceptors (Lipinski definition) is 3. The molecule has 0 spiro atoms. The van der Waals surface area contributed by atoms with Gasteiger partial charge in [0, 0.05) is 17.2 Å². The van der Waals surface area contributed by atoms with Crippen LogP contribution in [0, 0.1) is 0 Å². The van der Waals surface area contributed by atoms with Gasteiger partial charge in [0.05, 0.1) is 6.42 Å². The van der Waals surface area contributed by atoms with Crippen molar-refractivity contribution in [2.75, 3.05) is 0 Å². The van der Waals surface area contributed by atoms with Crippen LogP contribution in [-0.2, 0) is 16.0 Å². The highest BCUT2D eigenvalue weighted by Crippen LogP contribution is 2.37. The average Bonchev–Trinajstić information content (AvgIpc) is 2.47. The fourth-order valence-electron chi connectivity index (χ4n) is 3.29. The average molecular weight is 355 g/mol. The van der Waals surface area contributed by atoms with Crippen LogP contribution in [0.5, 0.6) is 0 Å².